The van der Waals surface area contributed by atoms with Gasteiger partial charge in [0.2, 0.25) is 0 Å². The van der Waals surface area contributed by atoms with Crippen LogP contribution in [0.15, 0.2) is 36.4 Å². The van der Waals surface area contributed by atoms with E-state index in [1.807, 2.05) is 19.1 Å². The smallest absolute Gasteiger partial charge is 0.305 e. The highest BCUT2D eigenvalue weighted by molar-refractivity contribution is 5.84. The number of nitrogens with zero attached hydrogens (tertiary/aromatic N) is 2. The fraction of sp³-hybridized carbons (Fsp3) is 0.417. The fourth-order valence-corrected chi connectivity index (χ4v) is 3.80. The average Bonchev–Trinajstić information content (AvgIpc) is 3.13. The number of hydrogen-bond acceptors (Lipinski definition) is 4. The zero-order chi connectivity index (χ0) is 20.8. The number of carbonyl (C=O) groups is 1. The number of aryl methyl sites for hydroxylation is 2. The Morgan fingerprint density at radius 2 is 1.97 bits per heavy atom. The summed E-state index contributed by atoms with van der Waals surface area (Å²) in [6, 6.07) is 12.5. The number of fused-ring (bicyclic) bond motifs is 1. The lowest BCUT2D eigenvalue weighted by Gasteiger charge is -2.16. The standard InChI is InChI=1S/C24H30N2O3/c1-5-19-14-15-22-24(18-10-9-11-20(16-18)28-4)21(17(3)25-26(19)22)12-7-8-13-23(27)29-6-2/h9-11,14-16H,5-8,12-13H2,1-4H3. The van der Waals surface area contributed by atoms with Crippen molar-refractivity contribution in [2.45, 2.75) is 52.9 Å². The van der Waals surface area contributed by atoms with E-state index >= 15 is 0 Å². The van der Waals surface area contributed by atoms with Crippen molar-refractivity contribution in [3.8, 4) is 16.9 Å². The number of carbonyl (C=O) groups excluding carboxylic acids is 1. The summed E-state index contributed by atoms with van der Waals surface area (Å²) in [7, 11) is 1.69. The molecule has 0 atom stereocenters. The van der Waals surface area contributed by atoms with E-state index in [-0.39, 0.29) is 5.97 Å². The maximum Gasteiger partial charge on any atom is 0.305 e. The SMILES string of the molecule is CCOC(=O)CCCCc1c(C)nn2c(CC)ccc2c1-c1cccc(OC)c1. The van der Waals surface area contributed by atoms with Crippen LogP contribution in [-0.2, 0) is 22.4 Å². The van der Waals surface area contributed by atoms with Gasteiger partial charge in [-0.15, -0.1) is 0 Å². The maximum atomic E-state index is 11.6. The first-order chi connectivity index (χ1) is 14.1. The number of unbranched alkanes of at least 4 members (excludes halogenated alkanes) is 1. The Morgan fingerprint density at radius 3 is 2.69 bits per heavy atom. The van der Waals surface area contributed by atoms with Crippen molar-refractivity contribution in [3.63, 3.8) is 0 Å². The van der Waals surface area contributed by atoms with E-state index in [9.17, 15) is 4.79 Å². The van der Waals surface area contributed by atoms with Crippen LogP contribution < -0.4 is 4.74 Å². The van der Waals surface area contributed by atoms with E-state index in [0.29, 0.717) is 13.0 Å². The van der Waals surface area contributed by atoms with E-state index in [1.54, 1.807) is 7.11 Å². The molecule has 0 aliphatic carbocycles. The highest BCUT2D eigenvalue weighted by Crippen LogP contribution is 2.34. The topological polar surface area (TPSA) is 52.8 Å². The van der Waals surface area contributed by atoms with Gasteiger partial charge in [0.05, 0.1) is 24.9 Å². The summed E-state index contributed by atoms with van der Waals surface area (Å²) in [6.07, 6.45) is 3.98. The number of aromatic nitrogens is 2. The predicted octanol–water partition coefficient (Wildman–Crippen LogP) is 5.16. The Morgan fingerprint density at radius 1 is 1.14 bits per heavy atom. The van der Waals surface area contributed by atoms with Gasteiger partial charge < -0.3 is 9.47 Å². The van der Waals surface area contributed by atoms with Gasteiger partial charge in [-0.25, -0.2) is 4.52 Å². The van der Waals surface area contributed by atoms with E-state index < -0.39 is 0 Å². The summed E-state index contributed by atoms with van der Waals surface area (Å²) in [5.41, 5.74) is 6.89. The van der Waals surface area contributed by atoms with Gasteiger partial charge >= 0.3 is 5.97 Å². The van der Waals surface area contributed by atoms with Crippen LogP contribution in [0.3, 0.4) is 0 Å². The molecule has 2 aromatic heterocycles. The zero-order valence-electron chi connectivity index (χ0n) is 17.8. The van der Waals surface area contributed by atoms with Crippen LogP contribution in [0.25, 0.3) is 16.6 Å². The van der Waals surface area contributed by atoms with E-state index in [1.165, 1.54) is 16.8 Å². The highest BCUT2D eigenvalue weighted by Gasteiger charge is 2.17. The maximum absolute atomic E-state index is 11.6. The summed E-state index contributed by atoms with van der Waals surface area (Å²) >= 11 is 0. The molecule has 154 valence electrons. The number of rotatable bonds is 9. The molecule has 0 saturated carbocycles. The largest absolute Gasteiger partial charge is 0.497 e. The van der Waals surface area contributed by atoms with Crippen LogP contribution in [0, 0.1) is 6.92 Å². The molecular formula is C24H30N2O3. The van der Waals surface area contributed by atoms with Gasteiger partial charge in [0.15, 0.2) is 0 Å². The van der Waals surface area contributed by atoms with Gasteiger partial charge in [0.1, 0.15) is 5.75 Å². The van der Waals surface area contributed by atoms with Crippen molar-refractivity contribution < 1.29 is 14.3 Å². The molecule has 0 N–H and O–H groups in total. The second-order valence-corrected chi connectivity index (χ2v) is 7.16. The lowest BCUT2D eigenvalue weighted by atomic mass is 9.94. The number of ether oxygens (including phenoxy) is 2. The molecule has 5 heteroatoms. The third kappa shape index (κ3) is 4.61. The summed E-state index contributed by atoms with van der Waals surface area (Å²) in [4.78, 5) is 11.6. The lowest BCUT2D eigenvalue weighted by Crippen LogP contribution is -2.07. The molecule has 0 unspecified atom stereocenters. The minimum Gasteiger partial charge on any atom is -0.497 e. The first-order valence-corrected chi connectivity index (χ1v) is 10.4. The molecule has 5 nitrogen and oxygen atoms in total. The van der Waals surface area contributed by atoms with Crippen molar-refractivity contribution in [1.82, 2.24) is 9.61 Å². The third-order valence-corrected chi connectivity index (χ3v) is 5.26. The molecule has 3 aromatic rings. The van der Waals surface area contributed by atoms with Crippen molar-refractivity contribution in [3.05, 3.63) is 53.3 Å². The Hall–Kier alpha value is -2.82. The van der Waals surface area contributed by atoms with Crippen LogP contribution >= 0.6 is 0 Å². The molecule has 0 aliphatic rings. The molecule has 0 spiro atoms. The van der Waals surface area contributed by atoms with E-state index in [2.05, 4.69) is 42.6 Å². The average molecular weight is 395 g/mol. The van der Waals surface area contributed by atoms with Crippen LogP contribution in [-0.4, -0.2) is 29.3 Å². The zero-order valence-corrected chi connectivity index (χ0v) is 17.8. The first kappa shape index (κ1) is 20.9. The number of methoxy groups -OCH3 is 1. The van der Waals surface area contributed by atoms with Gasteiger partial charge in [-0.05, 0) is 74.9 Å². The van der Waals surface area contributed by atoms with Crippen LogP contribution in [0.4, 0.5) is 0 Å². The van der Waals surface area contributed by atoms with Gasteiger partial charge in [-0.1, -0.05) is 19.1 Å². The fourth-order valence-electron chi connectivity index (χ4n) is 3.80. The van der Waals surface area contributed by atoms with Crippen molar-refractivity contribution in [2.75, 3.05) is 13.7 Å². The molecule has 1 aromatic carbocycles. The summed E-state index contributed by atoms with van der Waals surface area (Å²) in [5, 5.41) is 4.87. The second kappa shape index (κ2) is 9.59. The van der Waals surface area contributed by atoms with Crippen molar-refractivity contribution in [2.24, 2.45) is 0 Å². The number of esters is 1. The lowest BCUT2D eigenvalue weighted by molar-refractivity contribution is -0.143. The normalized spacial score (nSPS) is 11.0. The van der Waals surface area contributed by atoms with Crippen LogP contribution in [0.5, 0.6) is 5.75 Å². The molecular weight excluding hydrogens is 364 g/mol. The molecule has 0 fully saturated rings. The van der Waals surface area contributed by atoms with Gasteiger partial charge in [0.25, 0.3) is 0 Å². The van der Waals surface area contributed by atoms with E-state index in [0.717, 1.165) is 48.2 Å². The Bertz CT molecular complexity index is 991. The number of hydrogen-bond donors (Lipinski definition) is 0. The van der Waals surface area contributed by atoms with Crippen molar-refractivity contribution in [1.29, 1.82) is 0 Å². The quantitative estimate of drug-likeness (QED) is 0.372. The Labute approximate surface area is 172 Å². The molecule has 0 bridgehead atoms. The number of benzene rings is 1. The van der Waals surface area contributed by atoms with E-state index in [4.69, 9.17) is 14.6 Å². The van der Waals surface area contributed by atoms with Gasteiger partial charge in [0, 0.05) is 17.7 Å². The molecule has 0 saturated heterocycles. The van der Waals surface area contributed by atoms with Gasteiger partial charge in [-0.2, -0.15) is 5.10 Å². The highest BCUT2D eigenvalue weighted by atomic mass is 16.5. The minimum absolute atomic E-state index is 0.120. The first-order valence-electron chi connectivity index (χ1n) is 10.4. The molecule has 0 radical (unpaired) electrons. The summed E-state index contributed by atoms with van der Waals surface area (Å²) < 4.78 is 12.6. The second-order valence-electron chi connectivity index (χ2n) is 7.16. The third-order valence-electron chi connectivity index (χ3n) is 5.26. The van der Waals surface area contributed by atoms with Crippen LogP contribution in [0.1, 0.15) is 50.1 Å². The molecule has 29 heavy (non-hydrogen) atoms. The monoisotopic (exact) mass is 394 g/mol. The molecule has 3 rings (SSSR count). The van der Waals surface area contributed by atoms with Gasteiger partial charge in [-0.3, -0.25) is 4.79 Å². The minimum atomic E-state index is -0.120. The summed E-state index contributed by atoms with van der Waals surface area (Å²) in [5.74, 6) is 0.718. The Kier molecular flexibility index (Phi) is 6.91. The van der Waals surface area contributed by atoms with Crippen molar-refractivity contribution >= 4 is 11.5 Å². The Balaban J connectivity index is 1.99. The molecule has 0 aliphatic heterocycles. The molecule has 2 heterocycles. The van der Waals surface area contributed by atoms with Crippen LogP contribution in [0.2, 0.25) is 0 Å². The predicted molar refractivity (Wildman–Crippen MR) is 115 cm³/mol. The molecule has 0 amide bonds. The summed E-state index contributed by atoms with van der Waals surface area (Å²) in [6.45, 7) is 6.49.